The van der Waals surface area contributed by atoms with Gasteiger partial charge in [0.25, 0.3) is 0 Å². The van der Waals surface area contributed by atoms with E-state index in [9.17, 15) is 0 Å². The summed E-state index contributed by atoms with van der Waals surface area (Å²) < 4.78 is 0. The molecule has 2 aliphatic heterocycles. The Hall–Kier alpha value is -0.300. The molecule has 1 fully saturated rings. The first-order valence-corrected chi connectivity index (χ1v) is 4.23. The van der Waals surface area contributed by atoms with Crippen molar-refractivity contribution in [3.05, 3.63) is 12.2 Å². The minimum atomic E-state index is 0.484. The fraction of sp³-hybridized carbons (Fsp3) is 0.778. The Balaban J connectivity index is 2.27. The zero-order valence-corrected chi connectivity index (χ0v) is 6.80. The first-order valence-electron chi connectivity index (χ1n) is 4.23. The molecule has 0 aromatic rings. The minimum Gasteiger partial charge on any atom is -0.336 e. The molecule has 3 rings (SSSR count). The van der Waals surface area contributed by atoms with Crippen molar-refractivity contribution in [2.45, 2.75) is 38.3 Å². The van der Waals surface area contributed by atoms with Crippen LogP contribution in [0.1, 0.15) is 26.7 Å². The van der Waals surface area contributed by atoms with Gasteiger partial charge >= 0.3 is 0 Å². The van der Waals surface area contributed by atoms with Crippen molar-refractivity contribution < 1.29 is 5.32 Å². The summed E-state index contributed by atoms with van der Waals surface area (Å²) in [5.41, 5.74) is 0.484. The highest BCUT2D eigenvalue weighted by atomic mass is 15.0. The van der Waals surface area contributed by atoms with Crippen LogP contribution < -0.4 is 5.32 Å². The molecule has 1 nitrogen and oxygen atoms in total. The lowest BCUT2D eigenvalue weighted by Gasteiger charge is -2.41. The van der Waals surface area contributed by atoms with Crippen LogP contribution in [0.2, 0.25) is 0 Å². The zero-order chi connectivity index (χ0) is 7.19. The van der Waals surface area contributed by atoms with Gasteiger partial charge in [-0.1, -0.05) is 6.08 Å². The third-order valence-corrected chi connectivity index (χ3v) is 3.00. The second kappa shape index (κ2) is 1.85. The predicted molar refractivity (Wildman–Crippen MR) is 41.7 cm³/mol. The molecule has 2 unspecified atom stereocenters. The maximum absolute atomic E-state index is 2.52. The fourth-order valence-electron chi connectivity index (χ4n) is 2.28. The van der Waals surface area contributed by atoms with Gasteiger partial charge in [-0.05, 0) is 26.3 Å². The molecular formula is C9H16N+. The molecule has 2 atom stereocenters. The topological polar surface area (TPSA) is 16.6 Å². The van der Waals surface area contributed by atoms with E-state index in [1.54, 1.807) is 0 Å². The molecule has 0 aromatic heterocycles. The van der Waals surface area contributed by atoms with E-state index in [-0.39, 0.29) is 0 Å². The van der Waals surface area contributed by atoms with Crippen LogP contribution in [-0.4, -0.2) is 11.6 Å². The molecule has 0 saturated carbocycles. The van der Waals surface area contributed by atoms with Crippen LogP contribution in [0.3, 0.4) is 0 Å². The molecule has 2 heterocycles. The van der Waals surface area contributed by atoms with Crippen LogP contribution >= 0.6 is 0 Å². The van der Waals surface area contributed by atoms with Crippen molar-refractivity contribution >= 4 is 0 Å². The molecule has 0 radical (unpaired) electrons. The van der Waals surface area contributed by atoms with Crippen LogP contribution in [0.4, 0.5) is 0 Å². The molecule has 0 spiro atoms. The van der Waals surface area contributed by atoms with Gasteiger partial charge in [0.2, 0.25) is 0 Å². The molecule has 56 valence electrons. The Morgan fingerprint density at radius 3 is 2.30 bits per heavy atom. The molecule has 2 bridgehead atoms. The van der Waals surface area contributed by atoms with Crippen molar-refractivity contribution in [1.29, 1.82) is 0 Å². The lowest BCUT2D eigenvalue weighted by atomic mass is 9.74. The van der Waals surface area contributed by atoms with Crippen LogP contribution in [0.5, 0.6) is 0 Å². The summed E-state index contributed by atoms with van der Waals surface area (Å²) in [5.74, 6) is 0.831. The Morgan fingerprint density at radius 2 is 2.10 bits per heavy atom. The first-order chi connectivity index (χ1) is 4.68. The number of nitrogens with two attached hydrogens (primary N) is 1. The largest absolute Gasteiger partial charge is 0.336 e. The van der Waals surface area contributed by atoms with Gasteiger partial charge in [-0.15, -0.1) is 0 Å². The van der Waals surface area contributed by atoms with E-state index >= 15 is 0 Å². The Kier molecular flexibility index (Phi) is 1.19. The van der Waals surface area contributed by atoms with E-state index in [1.165, 1.54) is 12.8 Å². The maximum atomic E-state index is 2.52. The smallest absolute Gasteiger partial charge is 0.105 e. The normalized spacial score (nSPS) is 42.2. The molecule has 1 saturated heterocycles. The first kappa shape index (κ1) is 6.41. The maximum Gasteiger partial charge on any atom is 0.105 e. The molecule has 2 N–H and O–H groups in total. The van der Waals surface area contributed by atoms with Crippen molar-refractivity contribution in [3.63, 3.8) is 0 Å². The summed E-state index contributed by atoms with van der Waals surface area (Å²) in [7, 11) is 0. The van der Waals surface area contributed by atoms with Gasteiger partial charge in [-0.3, -0.25) is 0 Å². The molecule has 3 aliphatic rings. The van der Waals surface area contributed by atoms with Crippen molar-refractivity contribution in [2.24, 2.45) is 5.92 Å². The number of hydrogen-bond donors (Lipinski definition) is 1. The average molecular weight is 138 g/mol. The number of hydrogen-bond acceptors (Lipinski definition) is 0. The van der Waals surface area contributed by atoms with Gasteiger partial charge in [-0.25, -0.2) is 0 Å². The Bertz CT molecular complexity index is 170. The van der Waals surface area contributed by atoms with Crippen LogP contribution in [0.25, 0.3) is 0 Å². The van der Waals surface area contributed by atoms with Gasteiger partial charge in [0.1, 0.15) is 6.04 Å². The summed E-state index contributed by atoms with van der Waals surface area (Å²) in [4.78, 5) is 0. The van der Waals surface area contributed by atoms with E-state index in [4.69, 9.17) is 0 Å². The van der Waals surface area contributed by atoms with Crippen LogP contribution in [0.15, 0.2) is 12.2 Å². The number of quaternary nitrogens is 1. The van der Waals surface area contributed by atoms with Gasteiger partial charge < -0.3 is 5.32 Å². The molecule has 1 aliphatic carbocycles. The summed E-state index contributed by atoms with van der Waals surface area (Å²) in [6.45, 7) is 4.71. The second-order valence-electron chi connectivity index (χ2n) is 4.22. The summed E-state index contributed by atoms with van der Waals surface area (Å²) >= 11 is 0. The summed E-state index contributed by atoms with van der Waals surface area (Å²) in [6.07, 6.45) is 7.59. The highest BCUT2D eigenvalue weighted by Gasteiger charge is 2.40. The van der Waals surface area contributed by atoms with Gasteiger partial charge in [0.05, 0.1) is 5.54 Å². The van der Waals surface area contributed by atoms with Gasteiger partial charge in [0.15, 0.2) is 0 Å². The standard InChI is InChI=1S/C9H15N/c1-9(2)7-3-5-8(10-9)6-4-7/h3,5,7-8,10H,4,6H2,1-2H3/p+1. The number of piperidine rings is 1. The number of fused-ring (bicyclic) bond motifs is 2. The van der Waals surface area contributed by atoms with Crippen molar-refractivity contribution in [1.82, 2.24) is 0 Å². The Labute approximate surface area is 62.5 Å². The molecule has 0 aromatic carbocycles. The lowest BCUT2D eigenvalue weighted by molar-refractivity contribution is -0.759. The highest BCUT2D eigenvalue weighted by molar-refractivity contribution is 5.06. The van der Waals surface area contributed by atoms with Crippen molar-refractivity contribution in [3.8, 4) is 0 Å². The predicted octanol–water partition coefficient (Wildman–Crippen LogP) is 0.677. The van der Waals surface area contributed by atoms with E-state index in [1.807, 2.05) is 0 Å². The van der Waals surface area contributed by atoms with E-state index in [2.05, 4.69) is 31.3 Å². The second-order valence-corrected chi connectivity index (χ2v) is 4.22. The van der Waals surface area contributed by atoms with E-state index < -0.39 is 0 Å². The van der Waals surface area contributed by atoms with Crippen LogP contribution in [-0.2, 0) is 0 Å². The van der Waals surface area contributed by atoms with E-state index in [0.29, 0.717) is 5.54 Å². The van der Waals surface area contributed by atoms with Crippen molar-refractivity contribution in [2.75, 3.05) is 0 Å². The minimum absolute atomic E-state index is 0.484. The number of rotatable bonds is 0. The van der Waals surface area contributed by atoms with Gasteiger partial charge in [-0.2, -0.15) is 0 Å². The van der Waals surface area contributed by atoms with Crippen LogP contribution in [0, 0.1) is 5.92 Å². The quantitative estimate of drug-likeness (QED) is 0.474. The molecule has 1 heteroatoms. The highest BCUT2D eigenvalue weighted by Crippen LogP contribution is 2.28. The molecule has 0 amide bonds. The van der Waals surface area contributed by atoms with E-state index in [0.717, 1.165) is 12.0 Å². The monoisotopic (exact) mass is 138 g/mol. The average Bonchev–Trinajstić information content (AvgIpc) is 1.87. The molecular weight excluding hydrogens is 122 g/mol. The Morgan fingerprint density at radius 1 is 1.30 bits per heavy atom. The third kappa shape index (κ3) is 0.807. The zero-order valence-electron chi connectivity index (χ0n) is 6.80. The molecule has 10 heavy (non-hydrogen) atoms. The SMILES string of the molecule is CC1(C)[NH2+]C2C=CC1CC2. The lowest BCUT2D eigenvalue weighted by Crippen LogP contribution is -3.03. The third-order valence-electron chi connectivity index (χ3n) is 3.00. The summed E-state index contributed by atoms with van der Waals surface area (Å²) in [6, 6.07) is 0.792. The fourth-order valence-corrected chi connectivity index (χ4v) is 2.28. The van der Waals surface area contributed by atoms with Gasteiger partial charge in [0, 0.05) is 12.3 Å². The summed E-state index contributed by atoms with van der Waals surface area (Å²) in [5, 5.41) is 2.52.